The molecule has 0 aliphatic rings. The number of ether oxygens (including phenoxy) is 2. The largest absolute Gasteiger partial charge is 0.464 e. The van der Waals surface area contributed by atoms with Gasteiger partial charge in [0, 0.05) is 0 Å². The third-order valence-electron chi connectivity index (χ3n) is 1.76. The Labute approximate surface area is 126 Å². The molecule has 0 bridgehead atoms. The Kier molecular flexibility index (Phi) is 7.85. The third-order valence-corrected chi connectivity index (χ3v) is 2.66. The lowest BCUT2D eigenvalue weighted by Gasteiger charge is -2.21. The minimum Gasteiger partial charge on any atom is -0.464 e. The Balaban J connectivity index is 5.69. The zero-order chi connectivity index (χ0) is 17.6. The van der Waals surface area contributed by atoms with Crippen LogP contribution < -0.4 is 0 Å². The molecular formula is C8H14O12S2. The molecular weight excluding hydrogens is 352 g/mol. The van der Waals surface area contributed by atoms with Crippen molar-refractivity contribution < 1.29 is 53.4 Å². The van der Waals surface area contributed by atoms with Gasteiger partial charge in [0.05, 0.1) is 13.2 Å². The highest BCUT2D eigenvalue weighted by Gasteiger charge is 2.44. The first-order valence-corrected chi connectivity index (χ1v) is 8.29. The van der Waals surface area contributed by atoms with Gasteiger partial charge in [-0.15, -0.1) is 0 Å². The molecule has 2 unspecified atom stereocenters. The fraction of sp³-hybridized carbons (Fsp3) is 0.750. The number of hydrogen-bond acceptors (Lipinski definition) is 10. The molecule has 0 aromatic rings. The molecule has 14 heteroatoms. The molecule has 0 aliphatic heterocycles. The minimum absolute atomic E-state index is 0.300. The number of carbonyl (C=O) groups is 2. The van der Waals surface area contributed by atoms with Crippen LogP contribution in [0.15, 0.2) is 0 Å². The van der Waals surface area contributed by atoms with Crippen molar-refractivity contribution in [3.63, 3.8) is 0 Å². The molecule has 0 rings (SSSR count). The van der Waals surface area contributed by atoms with Crippen LogP contribution in [0.5, 0.6) is 0 Å². The first kappa shape index (κ1) is 20.7. The molecule has 0 heterocycles. The van der Waals surface area contributed by atoms with Crippen LogP contribution in [0.1, 0.15) is 13.8 Å². The van der Waals surface area contributed by atoms with Gasteiger partial charge in [0.1, 0.15) is 0 Å². The summed E-state index contributed by atoms with van der Waals surface area (Å²) in [6, 6.07) is 0. The Morgan fingerprint density at radius 3 is 1.27 bits per heavy atom. The number of esters is 2. The Hall–Kier alpha value is -1.32. The Morgan fingerprint density at radius 1 is 0.818 bits per heavy atom. The predicted octanol–water partition coefficient (Wildman–Crippen LogP) is -1.51. The second-order valence-corrected chi connectivity index (χ2v) is 5.49. The summed E-state index contributed by atoms with van der Waals surface area (Å²) in [6.45, 7) is 2.02. The van der Waals surface area contributed by atoms with E-state index < -0.39 is 44.9 Å². The molecule has 12 nitrogen and oxygen atoms in total. The van der Waals surface area contributed by atoms with E-state index in [1.54, 1.807) is 0 Å². The van der Waals surface area contributed by atoms with Gasteiger partial charge in [-0.2, -0.15) is 16.8 Å². The van der Waals surface area contributed by atoms with E-state index in [0.717, 1.165) is 0 Å². The Morgan fingerprint density at radius 2 is 1.09 bits per heavy atom. The van der Waals surface area contributed by atoms with E-state index >= 15 is 0 Å². The summed E-state index contributed by atoms with van der Waals surface area (Å²) >= 11 is 0. The maximum absolute atomic E-state index is 11.6. The Bertz CT molecular complexity index is 537. The van der Waals surface area contributed by atoms with Gasteiger partial charge in [0.15, 0.2) is 0 Å². The molecule has 0 aromatic carbocycles. The van der Waals surface area contributed by atoms with Crippen molar-refractivity contribution in [1.82, 2.24) is 0 Å². The van der Waals surface area contributed by atoms with Crippen molar-refractivity contribution >= 4 is 32.7 Å². The number of hydrogen-bond donors (Lipinski definition) is 2. The quantitative estimate of drug-likeness (QED) is 0.356. The molecule has 0 aliphatic carbocycles. The van der Waals surface area contributed by atoms with Crippen molar-refractivity contribution in [2.24, 2.45) is 0 Å². The van der Waals surface area contributed by atoms with E-state index in [4.69, 9.17) is 9.11 Å². The maximum atomic E-state index is 11.6. The van der Waals surface area contributed by atoms with Crippen molar-refractivity contribution in [3.8, 4) is 0 Å². The first-order valence-electron chi connectivity index (χ1n) is 5.56. The zero-order valence-electron chi connectivity index (χ0n) is 11.4. The lowest BCUT2D eigenvalue weighted by Crippen LogP contribution is -2.47. The molecule has 0 spiro atoms. The molecule has 0 fully saturated rings. The SMILES string of the molecule is CCOC(=O)C(OS(=O)(=O)O)C(OS(=O)(=O)O)C(=O)OCC. The molecule has 0 saturated carbocycles. The molecule has 0 amide bonds. The first-order chi connectivity index (χ1) is 9.91. The highest BCUT2D eigenvalue weighted by molar-refractivity contribution is 7.81. The van der Waals surface area contributed by atoms with Crippen LogP contribution in [0.4, 0.5) is 0 Å². The third kappa shape index (κ3) is 8.20. The smallest absolute Gasteiger partial charge is 0.398 e. The number of rotatable bonds is 9. The molecule has 22 heavy (non-hydrogen) atoms. The van der Waals surface area contributed by atoms with Crippen molar-refractivity contribution in [1.29, 1.82) is 0 Å². The number of carbonyl (C=O) groups excluding carboxylic acids is 2. The van der Waals surface area contributed by atoms with Gasteiger partial charge in [0.2, 0.25) is 12.2 Å². The van der Waals surface area contributed by atoms with Crippen LogP contribution in [0.25, 0.3) is 0 Å². The fourth-order valence-electron chi connectivity index (χ4n) is 1.14. The van der Waals surface area contributed by atoms with Gasteiger partial charge in [-0.1, -0.05) is 0 Å². The molecule has 0 aromatic heterocycles. The van der Waals surface area contributed by atoms with Crippen molar-refractivity contribution in [2.45, 2.75) is 26.1 Å². The van der Waals surface area contributed by atoms with Crippen molar-refractivity contribution in [3.05, 3.63) is 0 Å². The summed E-state index contributed by atoms with van der Waals surface area (Å²) in [7, 11) is -10.6. The fourth-order valence-corrected chi connectivity index (χ4v) is 2.02. The summed E-state index contributed by atoms with van der Waals surface area (Å²) in [5, 5.41) is 0. The molecule has 0 saturated heterocycles. The lowest BCUT2D eigenvalue weighted by molar-refractivity contribution is -0.168. The molecule has 130 valence electrons. The van der Waals surface area contributed by atoms with E-state index in [2.05, 4.69) is 17.8 Å². The highest BCUT2D eigenvalue weighted by Crippen LogP contribution is 2.14. The van der Waals surface area contributed by atoms with E-state index in [-0.39, 0.29) is 13.2 Å². The lowest BCUT2D eigenvalue weighted by atomic mass is 10.2. The average molecular weight is 366 g/mol. The summed E-state index contributed by atoms with van der Waals surface area (Å²) in [6.07, 6.45) is -5.12. The molecule has 2 atom stereocenters. The van der Waals surface area contributed by atoms with Crippen LogP contribution >= 0.6 is 0 Å². The van der Waals surface area contributed by atoms with Crippen LogP contribution in [0.3, 0.4) is 0 Å². The monoisotopic (exact) mass is 366 g/mol. The summed E-state index contributed by atoms with van der Waals surface area (Å²) in [5.41, 5.74) is 0. The standard InChI is InChI=1S/C8H14O12S2/c1-3-17-7(9)5(19-21(11,12)13)6(8(10)18-4-2)20-22(14,15)16/h5-6H,3-4H2,1-2H3,(H,11,12,13)(H,14,15,16). The normalized spacial score (nSPS) is 14.9. The molecule has 0 radical (unpaired) electrons. The highest BCUT2D eigenvalue weighted by atomic mass is 32.3. The van der Waals surface area contributed by atoms with Crippen LogP contribution in [0, 0.1) is 0 Å². The van der Waals surface area contributed by atoms with Gasteiger partial charge in [-0.25, -0.2) is 18.0 Å². The second kappa shape index (κ2) is 8.35. The second-order valence-electron chi connectivity index (χ2n) is 3.39. The zero-order valence-corrected chi connectivity index (χ0v) is 13.0. The van der Waals surface area contributed by atoms with Gasteiger partial charge in [-0.05, 0) is 13.8 Å². The van der Waals surface area contributed by atoms with Crippen molar-refractivity contribution in [2.75, 3.05) is 13.2 Å². The van der Waals surface area contributed by atoms with Crippen LogP contribution in [-0.2, 0) is 48.2 Å². The van der Waals surface area contributed by atoms with E-state index in [1.165, 1.54) is 13.8 Å². The average Bonchev–Trinajstić information content (AvgIpc) is 2.31. The van der Waals surface area contributed by atoms with Gasteiger partial charge < -0.3 is 9.47 Å². The predicted molar refractivity (Wildman–Crippen MR) is 66.1 cm³/mol. The topological polar surface area (TPSA) is 180 Å². The summed E-state index contributed by atoms with van der Waals surface area (Å²) in [4.78, 5) is 23.1. The van der Waals surface area contributed by atoms with E-state index in [9.17, 15) is 26.4 Å². The van der Waals surface area contributed by atoms with Crippen LogP contribution in [0.2, 0.25) is 0 Å². The molecule has 2 N–H and O–H groups in total. The van der Waals surface area contributed by atoms with E-state index in [1.807, 2.05) is 0 Å². The van der Waals surface area contributed by atoms with E-state index in [0.29, 0.717) is 0 Å². The maximum Gasteiger partial charge on any atom is 0.398 e. The summed E-state index contributed by atoms with van der Waals surface area (Å²) in [5.74, 6) is -3.11. The van der Waals surface area contributed by atoms with Crippen LogP contribution in [-0.4, -0.2) is 63.3 Å². The van der Waals surface area contributed by atoms with Gasteiger partial charge in [0.25, 0.3) is 0 Å². The minimum atomic E-state index is -5.30. The summed E-state index contributed by atoms with van der Waals surface area (Å²) < 4.78 is 76.5. The van der Waals surface area contributed by atoms with Gasteiger partial charge in [-0.3, -0.25) is 9.11 Å². The van der Waals surface area contributed by atoms with Gasteiger partial charge >= 0.3 is 32.7 Å².